The van der Waals surface area contributed by atoms with Gasteiger partial charge in [0, 0.05) is 0 Å². The van der Waals surface area contributed by atoms with E-state index in [9.17, 15) is 0 Å². The average molecular weight is 523 g/mol. The van der Waals surface area contributed by atoms with Crippen molar-refractivity contribution in [2.24, 2.45) is 46.3 Å². The summed E-state index contributed by atoms with van der Waals surface area (Å²) in [4.78, 5) is 0. The van der Waals surface area contributed by atoms with Gasteiger partial charge in [-0.25, -0.2) is 0 Å². The van der Waals surface area contributed by atoms with E-state index < -0.39 is 0 Å². The first-order chi connectivity index (χ1) is 17.6. The molecule has 0 heteroatoms. The van der Waals surface area contributed by atoms with E-state index in [2.05, 4.69) is 95.6 Å². The zero-order chi connectivity index (χ0) is 30.2. The zero-order valence-corrected chi connectivity index (χ0v) is 29.1. The van der Waals surface area contributed by atoms with Crippen LogP contribution in [0.2, 0.25) is 0 Å². The first-order valence-electron chi connectivity index (χ1n) is 16.6. The van der Waals surface area contributed by atoms with Crippen molar-refractivity contribution in [3.63, 3.8) is 0 Å². The molecule has 2 fully saturated rings. The lowest BCUT2D eigenvalue weighted by Crippen LogP contribution is -2.33. The molecule has 0 N–H and O–H groups in total. The largest absolute Gasteiger partial charge is 0.106 e. The minimum absolute atomic E-state index is 0.542. The molecule has 0 aromatic carbocycles. The van der Waals surface area contributed by atoms with Crippen LogP contribution >= 0.6 is 0 Å². The fourth-order valence-electron chi connectivity index (χ4n) is 6.69. The third kappa shape index (κ3) is 16.9. The number of rotatable bonds is 10. The summed E-state index contributed by atoms with van der Waals surface area (Å²) < 4.78 is 0. The summed E-state index contributed by atoms with van der Waals surface area (Å²) in [5, 5.41) is 0. The van der Waals surface area contributed by atoms with E-state index in [1.54, 1.807) is 25.7 Å². The molecule has 2 rings (SSSR count). The van der Waals surface area contributed by atoms with E-state index in [0.29, 0.717) is 10.8 Å². The second-order valence-corrected chi connectivity index (χ2v) is 12.5. The number of fused-ring (bicyclic) bond motifs is 1. The van der Waals surface area contributed by atoms with Crippen LogP contribution in [0.1, 0.15) is 168 Å². The van der Waals surface area contributed by atoms with Crippen LogP contribution in [0, 0.1) is 46.3 Å². The Morgan fingerprint density at radius 3 is 1.51 bits per heavy atom. The molecule has 0 heterocycles. The highest BCUT2D eigenvalue weighted by Crippen LogP contribution is 2.58. The number of hydrogen-bond acceptors (Lipinski definition) is 0. The fraction of sp³-hybridized carbons (Fsp3) is 0.892. The van der Waals surface area contributed by atoms with E-state index >= 15 is 0 Å². The van der Waals surface area contributed by atoms with Gasteiger partial charge in [-0.15, -0.1) is 26.3 Å². The van der Waals surface area contributed by atoms with Crippen molar-refractivity contribution in [1.29, 1.82) is 0 Å². The van der Waals surface area contributed by atoms with E-state index in [0.717, 1.165) is 35.5 Å². The van der Waals surface area contributed by atoms with Crippen molar-refractivity contribution < 1.29 is 0 Å². The van der Waals surface area contributed by atoms with Crippen LogP contribution in [-0.4, -0.2) is 0 Å². The molecule has 0 nitrogen and oxygen atoms in total. The van der Waals surface area contributed by atoms with Crippen LogP contribution in [-0.2, 0) is 0 Å². The van der Waals surface area contributed by atoms with Crippen LogP contribution < -0.4 is 0 Å². The SMILES string of the molecule is C=C.C=C.CC.CC.CCC(C)(C)C.CCCC(CC)C(CC)(CC)CC1CC2CC(CC(C)C)C2C1. The summed E-state index contributed by atoms with van der Waals surface area (Å²) in [6, 6.07) is 0. The van der Waals surface area contributed by atoms with E-state index in [-0.39, 0.29) is 0 Å². The van der Waals surface area contributed by atoms with Gasteiger partial charge in [-0.2, -0.15) is 0 Å². The van der Waals surface area contributed by atoms with Gasteiger partial charge in [-0.1, -0.05) is 135 Å². The molecule has 226 valence electrons. The van der Waals surface area contributed by atoms with Gasteiger partial charge in [-0.3, -0.25) is 0 Å². The molecule has 0 amide bonds. The Hall–Kier alpha value is -0.520. The van der Waals surface area contributed by atoms with E-state index in [4.69, 9.17) is 0 Å². The molecule has 0 aromatic rings. The highest BCUT2D eigenvalue weighted by atomic mass is 14.5. The van der Waals surface area contributed by atoms with Crippen molar-refractivity contribution in [2.45, 2.75) is 168 Å². The molecule has 0 aromatic heterocycles. The van der Waals surface area contributed by atoms with Crippen LogP contribution in [0.15, 0.2) is 26.3 Å². The molecule has 0 saturated heterocycles. The van der Waals surface area contributed by atoms with Gasteiger partial charge in [0.2, 0.25) is 0 Å². The summed E-state index contributed by atoms with van der Waals surface area (Å²) in [5.41, 5.74) is 1.19. The smallest absolute Gasteiger partial charge is 0.0272 e. The Balaban J connectivity index is -0.000000328. The molecule has 2 saturated carbocycles. The minimum Gasteiger partial charge on any atom is -0.106 e. The molecule has 0 bridgehead atoms. The standard InChI is InChI=1S/C23H44.C6H14.2C2H6.2C2H4/c1-7-11-21(8-2)23(9-3,10-4)16-18-13-20-15-19(12-17(5)6)22(20)14-18;1-5-6(2,3)4;4*1-2/h17-22H,7-16H2,1-6H3;5H2,1-4H3;2*1-2H3;2*1-2H2. The van der Waals surface area contributed by atoms with Crippen molar-refractivity contribution >= 4 is 0 Å². The molecule has 0 spiro atoms. The summed E-state index contributed by atoms with van der Waals surface area (Å²) in [5.74, 6) is 6.22. The topological polar surface area (TPSA) is 0 Å². The first kappa shape index (κ1) is 43.5. The lowest BCUT2D eigenvalue weighted by Gasteiger charge is -2.42. The third-order valence-electron chi connectivity index (χ3n) is 8.99. The summed E-state index contributed by atoms with van der Waals surface area (Å²) in [6.45, 7) is 43.5. The van der Waals surface area contributed by atoms with Crippen molar-refractivity contribution in [2.75, 3.05) is 0 Å². The molecule has 0 aliphatic heterocycles. The maximum atomic E-state index is 3.00. The molecule has 5 atom stereocenters. The maximum absolute atomic E-state index is 3.00. The predicted molar refractivity (Wildman–Crippen MR) is 179 cm³/mol. The lowest BCUT2D eigenvalue weighted by molar-refractivity contribution is 0.0817. The number of hydrogen-bond donors (Lipinski definition) is 0. The summed E-state index contributed by atoms with van der Waals surface area (Å²) in [6.07, 6.45) is 16.0. The predicted octanol–water partition coefficient (Wildman–Crippen LogP) is 13.8. The minimum atomic E-state index is 0.542. The van der Waals surface area contributed by atoms with Gasteiger partial charge in [-0.05, 0) is 78.4 Å². The van der Waals surface area contributed by atoms with Crippen LogP contribution in [0.5, 0.6) is 0 Å². The second-order valence-electron chi connectivity index (χ2n) is 12.5. The van der Waals surface area contributed by atoms with E-state index in [1.807, 2.05) is 27.7 Å². The quantitative estimate of drug-likeness (QED) is 0.250. The Kier molecular flexibility index (Phi) is 30.3. The Bertz CT molecular complexity index is 447. The van der Waals surface area contributed by atoms with E-state index in [1.165, 1.54) is 44.9 Å². The molecule has 5 unspecified atom stereocenters. The van der Waals surface area contributed by atoms with Gasteiger partial charge in [0.25, 0.3) is 0 Å². The normalized spacial score (nSPS) is 22.4. The lowest BCUT2D eigenvalue weighted by atomic mass is 9.63. The summed E-state index contributed by atoms with van der Waals surface area (Å²) >= 11 is 0. The van der Waals surface area contributed by atoms with Gasteiger partial charge in [0.05, 0.1) is 0 Å². The van der Waals surface area contributed by atoms with Crippen LogP contribution in [0.3, 0.4) is 0 Å². The van der Waals surface area contributed by atoms with Crippen LogP contribution in [0.4, 0.5) is 0 Å². The highest BCUT2D eigenvalue weighted by Gasteiger charge is 2.49. The summed E-state index contributed by atoms with van der Waals surface area (Å²) in [7, 11) is 0. The fourth-order valence-corrected chi connectivity index (χ4v) is 6.69. The molecular formula is C37H78. The van der Waals surface area contributed by atoms with Gasteiger partial charge >= 0.3 is 0 Å². The first-order valence-corrected chi connectivity index (χ1v) is 16.6. The average Bonchev–Trinajstić information content (AvgIpc) is 3.24. The molecule has 37 heavy (non-hydrogen) atoms. The molecule has 2 aliphatic carbocycles. The van der Waals surface area contributed by atoms with Crippen molar-refractivity contribution in [3.05, 3.63) is 26.3 Å². The van der Waals surface area contributed by atoms with Gasteiger partial charge < -0.3 is 0 Å². The maximum Gasteiger partial charge on any atom is -0.0272 e. The highest BCUT2D eigenvalue weighted by molar-refractivity contribution is 4.99. The monoisotopic (exact) mass is 523 g/mol. The zero-order valence-electron chi connectivity index (χ0n) is 29.1. The van der Waals surface area contributed by atoms with Gasteiger partial charge in [0.15, 0.2) is 0 Å². The van der Waals surface area contributed by atoms with Crippen LogP contribution in [0.25, 0.3) is 0 Å². The van der Waals surface area contributed by atoms with Crippen molar-refractivity contribution in [1.82, 2.24) is 0 Å². The van der Waals surface area contributed by atoms with Crippen molar-refractivity contribution in [3.8, 4) is 0 Å². The molecular weight excluding hydrogens is 444 g/mol. The second kappa shape index (κ2) is 25.7. The molecule has 0 radical (unpaired) electrons. The Morgan fingerprint density at radius 1 is 0.730 bits per heavy atom. The Morgan fingerprint density at radius 2 is 1.19 bits per heavy atom. The third-order valence-corrected chi connectivity index (χ3v) is 8.99. The molecule has 2 aliphatic rings. The Labute approximate surface area is 240 Å². The van der Waals surface area contributed by atoms with Gasteiger partial charge in [0.1, 0.15) is 0 Å².